The van der Waals surface area contributed by atoms with Crippen molar-refractivity contribution in [3.8, 4) is 11.4 Å². The largest absolute Gasteiger partial charge is 0.277 e. The summed E-state index contributed by atoms with van der Waals surface area (Å²) in [6.45, 7) is 0. The van der Waals surface area contributed by atoms with E-state index >= 15 is 0 Å². The van der Waals surface area contributed by atoms with Gasteiger partial charge in [-0.25, -0.2) is 22.8 Å². The number of aromatic nitrogens is 2. The standard InChI is InChI=1S/C16H11BrFN3O2S/c17-12-6-7-14(18)15(8-12)21-24(22,23)13-9-19-16(20-10-13)11-4-2-1-3-5-11/h1-10,21H. The van der Waals surface area contributed by atoms with Crippen molar-refractivity contribution >= 4 is 31.6 Å². The Morgan fingerprint density at radius 2 is 1.67 bits per heavy atom. The molecule has 2 aromatic carbocycles. The lowest BCUT2D eigenvalue weighted by atomic mass is 10.2. The predicted octanol–water partition coefficient (Wildman–Crippen LogP) is 3.85. The molecule has 0 radical (unpaired) electrons. The van der Waals surface area contributed by atoms with Crippen LogP contribution in [-0.4, -0.2) is 18.4 Å². The van der Waals surface area contributed by atoms with Gasteiger partial charge in [-0.3, -0.25) is 4.72 Å². The Morgan fingerprint density at radius 1 is 1.00 bits per heavy atom. The third kappa shape index (κ3) is 3.60. The van der Waals surface area contributed by atoms with E-state index in [1.165, 1.54) is 24.5 Å². The summed E-state index contributed by atoms with van der Waals surface area (Å²) in [6, 6.07) is 13.1. The summed E-state index contributed by atoms with van der Waals surface area (Å²) in [5, 5.41) is 0. The van der Waals surface area contributed by atoms with Gasteiger partial charge >= 0.3 is 0 Å². The van der Waals surface area contributed by atoms with Crippen LogP contribution in [0.25, 0.3) is 11.4 Å². The minimum Gasteiger partial charge on any atom is -0.277 e. The Kier molecular flexibility index (Phi) is 4.59. The number of rotatable bonds is 4. The van der Waals surface area contributed by atoms with Gasteiger partial charge in [0, 0.05) is 10.0 Å². The number of halogens is 2. The molecule has 0 unspecified atom stereocenters. The first-order valence-corrected chi connectivity index (χ1v) is 9.09. The Balaban J connectivity index is 1.89. The number of hydrogen-bond donors (Lipinski definition) is 1. The quantitative estimate of drug-likeness (QED) is 0.712. The van der Waals surface area contributed by atoms with Gasteiger partial charge in [-0.2, -0.15) is 0 Å². The summed E-state index contributed by atoms with van der Waals surface area (Å²) in [7, 11) is -3.99. The highest BCUT2D eigenvalue weighted by molar-refractivity contribution is 9.10. The molecule has 0 spiro atoms. The molecule has 0 fully saturated rings. The second-order valence-electron chi connectivity index (χ2n) is 4.84. The van der Waals surface area contributed by atoms with E-state index in [4.69, 9.17) is 0 Å². The third-order valence-electron chi connectivity index (χ3n) is 3.14. The molecule has 0 saturated heterocycles. The number of anilines is 1. The fourth-order valence-corrected chi connectivity index (χ4v) is 3.28. The minimum atomic E-state index is -3.99. The van der Waals surface area contributed by atoms with E-state index < -0.39 is 15.8 Å². The molecule has 0 atom stereocenters. The smallest absolute Gasteiger partial charge is 0.265 e. The SMILES string of the molecule is O=S(=O)(Nc1cc(Br)ccc1F)c1cnc(-c2ccccc2)nc1. The highest BCUT2D eigenvalue weighted by Gasteiger charge is 2.18. The molecule has 1 aromatic heterocycles. The van der Waals surface area contributed by atoms with E-state index in [0.29, 0.717) is 10.3 Å². The zero-order valence-corrected chi connectivity index (χ0v) is 14.6. The molecule has 122 valence electrons. The maximum Gasteiger partial charge on any atom is 0.265 e. The Hall–Kier alpha value is -2.32. The molecule has 0 amide bonds. The molecule has 0 aliphatic heterocycles. The number of hydrogen-bond acceptors (Lipinski definition) is 4. The van der Waals surface area contributed by atoms with Crippen LogP contribution in [0, 0.1) is 5.82 Å². The zero-order valence-electron chi connectivity index (χ0n) is 12.1. The number of benzene rings is 2. The van der Waals surface area contributed by atoms with Crippen molar-refractivity contribution in [2.75, 3.05) is 4.72 Å². The third-order valence-corrected chi connectivity index (χ3v) is 4.96. The summed E-state index contributed by atoms with van der Waals surface area (Å²) >= 11 is 3.17. The van der Waals surface area contributed by atoms with Gasteiger partial charge in [0.25, 0.3) is 10.0 Å². The maximum atomic E-state index is 13.7. The molecule has 0 saturated carbocycles. The molecule has 1 heterocycles. The summed E-state index contributed by atoms with van der Waals surface area (Å²) in [5.74, 6) is -0.271. The van der Waals surface area contributed by atoms with Crippen molar-refractivity contribution in [2.24, 2.45) is 0 Å². The van der Waals surface area contributed by atoms with Crippen LogP contribution in [0.5, 0.6) is 0 Å². The van der Waals surface area contributed by atoms with E-state index in [-0.39, 0.29) is 10.6 Å². The van der Waals surface area contributed by atoms with Crippen molar-refractivity contribution in [3.63, 3.8) is 0 Å². The lowest BCUT2D eigenvalue weighted by Gasteiger charge is -2.09. The summed E-state index contributed by atoms with van der Waals surface area (Å²) in [6.07, 6.45) is 2.38. The predicted molar refractivity (Wildman–Crippen MR) is 92.4 cm³/mol. The molecule has 3 rings (SSSR count). The Morgan fingerprint density at radius 3 is 2.33 bits per heavy atom. The Labute approximate surface area is 146 Å². The maximum absolute atomic E-state index is 13.7. The average molecular weight is 408 g/mol. The van der Waals surface area contributed by atoms with Crippen LogP contribution in [0.2, 0.25) is 0 Å². The highest BCUT2D eigenvalue weighted by atomic mass is 79.9. The van der Waals surface area contributed by atoms with Gasteiger partial charge in [-0.05, 0) is 18.2 Å². The van der Waals surface area contributed by atoms with Crippen LogP contribution in [0.4, 0.5) is 10.1 Å². The molecular formula is C16H11BrFN3O2S. The van der Waals surface area contributed by atoms with Crippen molar-refractivity contribution in [2.45, 2.75) is 4.90 Å². The minimum absolute atomic E-state index is 0.151. The molecule has 0 aliphatic rings. The molecule has 0 aliphatic carbocycles. The average Bonchev–Trinajstić information content (AvgIpc) is 2.59. The van der Waals surface area contributed by atoms with Crippen LogP contribution in [-0.2, 0) is 10.0 Å². The number of sulfonamides is 1. The summed E-state index contributed by atoms with van der Waals surface area (Å²) in [4.78, 5) is 7.98. The highest BCUT2D eigenvalue weighted by Crippen LogP contribution is 2.23. The first kappa shape index (κ1) is 16.5. The van der Waals surface area contributed by atoms with Gasteiger partial charge in [0.15, 0.2) is 5.82 Å². The van der Waals surface area contributed by atoms with Gasteiger partial charge < -0.3 is 0 Å². The molecule has 0 bridgehead atoms. The normalized spacial score (nSPS) is 11.2. The fourth-order valence-electron chi connectivity index (χ4n) is 1.97. The first-order chi connectivity index (χ1) is 11.5. The Bertz CT molecular complexity index is 964. The molecule has 3 aromatic rings. The molecule has 1 N–H and O–H groups in total. The summed E-state index contributed by atoms with van der Waals surface area (Å²) < 4.78 is 41.1. The molecule has 24 heavy (non-hydrogen) atoms. The van der Waals surface area contributed by atoms with E-state index in [2.05, 4.69) is 30.6 Å². The first-order valence-electron chi connectivity index (χ1n) is 6.81. The van der Waals surface area contributed by atoms with Crippen LogP contribution < -0.4 is 4.72 Å². The molecular weight excluding hydrogens is 397 g/mol. The second kappa shape index (κ2) is 6.66. The van der Waals surface area contributed by atoms with Crippen LogP contribution >= 0.6 is 15.9 Å². The van der Waals surface area contributed by atoms with E-state index in [9.17, 15) is 12.8 Å². The molecule has 5 nitrogen and oxygen atoms in total. The van der Waals surface area contributed by atoms with Crippen molar-refractivity contribution in [3.05, 3.63) is 71.2 Å². The second-order valence-corrected chi connectivity index (χ2v) is 7.44. The van der Waals surface area contributed by atoms with Crippen molar-refractivity contribution < 1.29 is 12.8 Å². The van der Waals surface area contributed by atoms with Crippen LogP contribution in [0.15, 0.2) is 70.3 Å². The van der Waals surface area contributed by atoms with Gasteiger partial charge in [-0.1, -0.05) is 46.3 Å². The van der Waals surface area contributed by atoms with Crippen LogP contribution in [0.1, 0.15) is 0 Å². The van der Waals surface area contributed by atoms with E-state index in [0.717, 1.165) is 11.6 Å². The van der Waals surface area contributed by atoms with Gasteiger partial charge in [0.1, 0.15) is 10.7 Å². The van der Waals surface area contributed by atoms with Gasteiger partial charge in [0.05, 0.1) is 18.1 Å². The van der Waals surface area contributed by atoms with Gasteiger partial charge in [0.2, 0.25) is 0 Å². The zero-order chi connectivity index (χ0) is 17.2. The fraction of sp³-hybridized carbons (Fsp3) is 0. The van der Waals surface area contributed by atoms with Crippen molar-refractivity contribution in [1.29, 1.82) is 0 Å². The number of nitrogens with one attached hydrogen (secondary N) is 1. The van der Waals surface area contributed by atoms with E-state index in [1.54, 1.807) is 0 Å². The number of nitrogens with zero attached hydrogens (tertiary/aromatic N) is 2. The lowest BCUT2D eigenvalue weighted by molar-refractivity contribution is 0.597. The monoisotopic (exact) mass is 407 g/mol. The van der Waals surface area contributed by atoms with Crippen LogP contribution in [0.3, 0.4) is 0 Å². The summed E-state index contributed by atoms with van der Waals surface area (Å²) in [5.41, 5.74) is 0.615. The molecule has 8 heteroatoms. The van der Waals surface area contributed by atoms with E-state index in [1.807, 2.05) is 30.3 Å². The van der Waals surface area contributed by atoms with Crippen molar-refractivity contribution in [1.82, 2.24) is 9.97 Å². The van der Waals surface area contributed by atoms with Gasteiger partial charge in [-0.15, -0.1) is 0 Å². The topological polar surface area (TPSA) is 72.0 Å². The lowest BCUT2D eigenvalue weighted by Crippen LogP contribution is -2.14.